The van der Waals surface area contributed by atoms with Crippen LogP contribution in [0.1, 0.15) is 45.4 Å². The summed E-state index contributed by atoms with van der Waals surface area (Å²) in [6.45, 7) is 2.29. The molecule has 0 aromatic rings. The first-order chi connectivity index (χ1) is 9.31. The van der Waals surface area contributed by atoms with Crippen LogP contribution in [0.3, 0.4) is 0 Å². The molecule has 0 bridgehead atoms. The van der Waals surface area contributed by atoms with Crippen LogP contribution < -0.4 is 0 Å². The van der Waals surface area contributed by atoms with Gasteiger partial charge in [-0.15, -0.1) is 0 Å². The second kappa shape index (κ2) is 14.3. The smallest absolute Gasteiger partial charge is 0.155 e. The highest BCUT2D eigenvalue weighted by atomic mass is 16.2. The lowest BCUT2D eigenvalue weighted by Crippen LogP contribution is -1.90. The molecule has 0 fully saturated rings. The largest absolute Gasteiger partial charge is 0.396 e. The fraction of sp³-hybridized carbons (Fsp3) is 0.471. The van der Waals surface area contributed by atoms with Crippen molar-refractivity contribution in [2.24, 2.45) is 0 Å². The number of carbonyl (C=O) groups excluding carboxylic acids is 1. The Hall–Kier alpha value is -1.77. The average Bonchev–Trinajstić information content (AvgIpc) is 2.42. The summed E-state index contributed by atoms with van der Waals surface area (Å²) >= 11 is 0. The Morgan fingerprint density at radius 1 is 1.16 bits per heavy atom. The number of aliphatic hydroxyl groups is 1. The molecule has 0 aromatic carbocycles. The highest BCUT2D eigenvalue weighted by molar-refractivity contribution is 5.89. The molecular weight excluding hydrogens is 236 g/mol. The van der Waals surface area contributed by atoms with Crippen LogP contribution in [0, 0.1) is 23.7 Å². The molecule has 0 heterocycles. The fourth-order valence-electron chi connectivity index (χ4n) is 1.21. The van der Waals surface area contributed by atoms with Crippen molar-refractivity contribution in [2.75, 3.05) is 6.61 Å². The summed E-state index contributed by atoms with van der Waals surface area (Å²) < 4.78 is 0. The maximum Gasteiger partial charge on any atom is 0.155 e. The molecule has 0 aromatic heterocycles. The molecule has 102 valence electrons. The van der Waals surface area contributed by atoms with Gasteiger partial charge in [0.25, 0.3) is 0 Å². The van der Waals surface area contributed by atoms with Crippen LogP contribution in [-0.2, 0) is 4.79 Å². The van der Waals surface area contributed by atoms with E-state index in [0.717, 1.165) is 32.1 Å². The number of hydrogen-bond acceptors (Lipinski definition) is 2. The maximum absolute atomic E-state index is 11.3. The van der Waals surface area contributed by atoms with E-state index >= 15 is 0 Å². The summed E-state index contributed by atoms with van der Waals surface area (Å²) in [5, 5.41) is 8.56. The van der Waals surface area contributed by atoms with Crippen LogP contribution in [0.4, 0.5) is 0 Å². The Kier molecular flexibility index (Phi) is 13.0. The Morgan fingerprint density at radius 3 is 2.74 bits per heavy atom. The van der Waals surface area contributed by atoms with E-state index in [-0.39, 0.29) is 12.4 Å². The van der Waals surface area contributed by atoms with Crippen molar-refractivity contribution in [3.05, 3.63) is 24.3 Å². The third-order valence-corrected chi connectivity index (χ3v) is 2.28. The van der Waals surface area contributed by atoms with Gasteiger partial charge in [0, 0.05) is 19.4 Å². The molecule has 0 atom stereocenters. The zero-order valence-corrected chi connectivity index (χ0v) is 11.6. The van der Waals surface area contributed by atoms with Gasteiger partial charge in [0.05, 0.1) is 0 Å². The summed E-state index contributed by atoms with van der Waals surface area (Å²) in [5.41, 5.74) is 0. The van der Waals surface area contributed by atoms with Gasteiger partial charge in [-0.1, -0.05) is 37.3 Å². The Bertz CT molecular complexity index is 408. The fourth-order valence-corrected chi connectivity index (χ4v) is 1.21. The normalized spacial score (nSPS) is 10.0. The third-order valence-electron chi connectivity index (χ3n) is 2.28. The summed E-state index contributed by atoms with van der Waals surface area (Å²) in [6, 6.07) is 0. The van der Waals surface area contributed by atoms with Gasteiger partial charge in [-0.25, -0.2) is 0 Å². The summed E-state index contributed by atoms with van der Waals surface area (Å²) in [4.78, 5) is 11.3. The standard InChI is InChI=1S/C17H22O2/c1-2-3-14-17(19)15-12-10-8-6-4-5-7-9-11-13-16-18/h8,10,12,15,18H,2-3,9,11,13-14,16H2,1H3. The molecule has 0 aliphatic carbocycles. The minimum absolute atomic E-state index is 0.156. The molecule has 0 saturated carbocycles. The lowest BCUT2D eigenvalue weighted by atomic mass is 10.2. The molecule has 0 unspecified atom stereocenters. The summed E-state index contributed by atoms with van der Waals surface area (Å²) in [6.07, 6.45) is 11.8. The SMILES string of the molecule is CCCCC(=O)C=CC=CC#CC#CCCCCO. The first-order valence-electron chi connectivity index (χ1n) is 6.76. The van der Waals surface area contributed by atoms with Crippen LogP contribution >= 0.6 is 0 Å². The van der Waals surface area contributed by atoms with Crippen molar-refractivity contribution in [1.29, 1.82) is 0 Å². The van der Waals surface area contributed by atoms with Gasteiger partial charge in [0.15, 0.2) is 5.78 Å². The number of carbonyl (C=O) groups is 1. The van der Waals surface area contributed by atoms with Crippen molar-refractivity contribution in [2.45, 2.75) is 45.4 Å². The van der Waals surface area contributed by atoms with E-state index in [1.54, 1.807) is 24.3 Å². The lowest BCUT2D eigenvalue weighted by Gasteiger charge is -1.89. The predicted molar refractivity (Wildman–Crippen MR) is 79.3 cm³/mol. The number of hydrogen-bond donors (Lipinski definition) is 1. The van der Waals surface area contributed by atoms with Gasteiger partial charge in [0.2, 0.25) is 0 Å². The van der Waals surface area contributed by atoms with Crippen LogP contribution in [0.2, 0.25) is 0 Å². The van der Waals surface area contributed by atoms with E-state index < -0.39 is 0 Å². The number of aliphatic hydroxyl groups excluding tert-OH is 1. The van der Waals surface area contributed by atoms with E-state index in [0.29, 0.717) is 6.42 Å². The van der Waals surface area contributed by atoms with Gasteiger partial charge >= 0.3 is 0 Å². The minimum atomic E-state index is 0.156. The van der Waals surface area contributed by atoms with E-state index in [9.17, 15) is 4.79 Å². The molecule has 19 heavy (non-hydrogen) atoms. The van der Waals surface area contributed by atoms with Crippen molar-refractivity contribution in [3.63, 3.8) is 0 Å². The molecule has 0 aliphatic heterocycles. The van der Waals surface area contributed by atoms with E-state index in [2.05, 4.69) is 30.6 Å². The van der Waals surface area contributed by atoms with Crippen molar-refractivity contribution in [1.82, 2.24) is 0 Å². The lowest BCUT2D eigenvalue weighted by molar-refractivity contribution is -0.114. The van der Waals surface area contributed by atoms with Crippen molar-refractivity contribution >= 4 is 5.78 Å². The van der Waals surface area contributed by atoms with Gasteiger partial charge in [-0.05, 0) is 43.3 Å². The zero-order valence-electron chi connectivity index (χ0n) is 11.6. The summed E-state index contributed by atoms with van der Waals surface area (Å²) in [5.74, 6) is 11.3. The Balaban J connectivity index is 3.78. The van der Waals surface area contributed by atoms with Gasteiger partial charge in [0.1, 0.15) is 0 Å². The molecule has 0 radical (unpaired) electrons. The predicted octanol–water partition coefficient (Wildman–Crippen LogP) is 3.03. The summed E-state index contributed by atoms with van der Waals surface area (Å²) in [7, 11) is 0. The van der Waals surface area contributed by atoms with E-state index in [4.69, 9.17) is 5.11 Å². The van der Waals surface area contributed by atoms with Crippen LogP contribution in [-0.4, -0.2) is 17.5 Å². The molecule has 0 aliphatic rings. The maximum atomic E-state index is 11.3. The average molecular weight is 258 g/mol. The zero-order chi connectivity index (χ0) is 14.2. The number of allylic oxidation sites excluding steroid dienone is 4. The molecule has 0 saturated heterocycles. The highest BCUT2D eigenvalue weighted by Crippen LogP contribution is 1.96. The van der Waals surface area contributed by atoms with Gasteiger partial charge < -0.3 is 5.11 Å². The van der Waals surface area contributed by atoms with E-state index in [1.807, 2.05) is 0 Å². The Labute approximate surface area is 116 Å². The van der Waals surface area contributed by atoms with Crippen LogP contribution in [0.5, 0.6) is 0 Å². The second-order valence-electron chi connectivity index (χ2n) is 4.04. The van der Waals surface area contributed by atoms with E-state index in [1.165, 1.54) is 0 Å². The van der Waals surface area contributed by atoms with Gasteiger partial charge in [-0.2, -0.15) is 0 Å². The monoisotopic (exact) mass is 258 g/mol. The Morgan fingerprint density at radius 2 is 2.00 bits per heavy atom. The number of rotatable bonds is 8. The first kappa shape index (κ1) is 17.2. The van der Waals surface area contributed by atoms with Crippen LogP contribution in [0.15, 0.2) is 24.3 Å². The second-order valence-corrected chi connectivity index (χ2v) is 4.04. The topological polar surface area (TPSA) is 37.3 Å². The number of unbranched alkanes of at least 4 members (excludes halogenated alkanes) is 3. The highest BCUT2D eigenvalue weighted by Gasteiger charge is 1.92. The quantitative estimate of drug-likeness (QED) is 0.314. The molecule has 0 amide bonds. The minimum Gasteiger partial charge on any atom is -0.396 e. The van der Waals surface area contributed by atoms with Gasteiger partial charge in [-0.3, -0.25) is 4.79 Å². The molecular formula is C17H22O2. The molecule has 1 N–H and O–H groups in total. The first-order valence-corrected chi connectivity index (χ1v) is 6.76. The van der Waals surface area contributed by atoms with Crippen molar-refractivity contribution in [3.8, 4) is 23.7 Å². The van der Waals surface area contributed by atoms with Crippen molar-refractivity contribution < 1.29 is 9.90 Å². The molecule has 2 nitrogen and oxygen atoms in total. The third kappa shape index (κ3) is 14.2. The molecule has 0 spiro atoms. The number of ketones is 1. The van der Waals surface area contributed by atoms with Crippen LogP contribution in [0.25, 0.3) is 0 Å². The molecule has 0 rings (SSSR count). The molecule has 2 heteroatoms.